The first-order valence-electron chi connectivity index (χ1n) is 10.4. The van der Waals surface area contributed by atoms with Crippen molar-refractivity contribution in [2.45, 2.75) is 6.92 Å². The number of H-pyrrole nitrogens is 1. The number of hydrogen-bond acceptors (Lipinski definition) is 4. The van der Waals surface area contributed by atoms with Crippen LogP contribution in [0.25, 0.3) is 22.3 Å². The first-order valence-corrected chi connectivity index (χ1v) is 10.4. The lowest BCUT2D eigenvalue weighted by molar-refractivity contribution is -0.384. The number of hydrogen-bond donors (Lipinski definition) is 4. The molecule has 0 fully saturated rings. The molecular weight excluding hydrogens is 434 g/mol. The molecule has 34 heavy (non-hydrogen) atoms. The van der Waals surface area contributed by atoms with Crippen molar-refractivity contribution in [3.63, 3.8) is 0 Å². The molecule has 0 aliphatic heterocycles. The molecule has 4 rings (SSSR count). The number of nitro groups is 1. The fraction of sp³-hybridized carbons (Fsp3) is 0.0400. The molecule has 0 aliphatic rings. The molecule has 0 saturated heterocycles. The summed E-state index contributed by atoms with van der Waals surface area (Å²) in [7, 11) is 0. The Balaban J connectivity index is 1.55. The maximum absolute atomic E-state index is 13.1. The monoisotopic (exact) mass is 455 g/mol. The van der Waals surface area contributed by atoms with Crippen LogP contribution in [0.15, 0.2) is 84.9 Å². The second-order valence-electron chi connectivity index (χ2n) is 7.44. The van der Waals surface area contributed by atoms with Crippen molar-refractivity contribution in [2.75, 3.05) is 5.32 Å². The summed E-state index contributed by atoms with van der Waals surface area (Å²) in [6.45, 7) is 1.89. The average molecular weight is 455 g/mol. The summed E-state index contributed by atoms with van der Waals surface area (Å²) < 4.78 is 0. The van der Waals surface area contributed by atoms with Crippen LogP contribution in [-0.2, 0) is 0 Å². The van der Waals surface area contributed by atoms with Crippen LogP contribution in [0, 0.1) is 17.0 Å². The van der Waals surface area contributed by atoms with Gasteiger partial charge in [-0.2, -0.15) is 0 Å². The number of nitrogens with zero attached hydrogens (tertiary/aromatic N) is 1. The van der Waals surface area contributed by atoms with Crippen molar-refractivity contribution in [3.05, 3.63) is 106 Å². The maximum Gasteiger partial charge on any atom is 0.337 e. The molecule has 0 spiro atoms. The van der Waals surface area contributed by atoms with E-state index in [1.165, 1.54) is 24.3 Å². The van der Waals surface area contributed by atoms with E-state index in [2.05, 4.69) is 21.2 Å². The van der Waals surface area contributed by atoms with Gasteiger partial charge in [-0.1, -0.05) is 60.7 Å². The van der Waals surface area contributed by atoms with Gasteiger partial charge in [0, 0.05) is 34.6 Å². The zero-order valence-corrected chi connectivity index (χ0v) is 18.2. The Bertz CT molecular complexity index is 1330. The molecule has 0 aliphatic carbocycles. The zero-order valence-electron chi connectivity index (χ0n) is 18.2. The number of carbonyl (C=O) groups is 2. The molecule has 0 bridgehead atoms. The third-order valence-corrected chi connectivity index (χ3v) is 5.17. The van der Waals surface area contributed by atoms with E-state index in [0.29, 0.717) is 11.4 Å². The highest BCUT2D eigenvalue weighted by Crippen LogP contribution is 2.37. The Hall–Kier alpha value is -4.92. The molecule has 0 radical (unpaired) electrons. The number of aryl methyl sites for hydroxylation is 1. The molecule has 0 atom stereocenters. The summed E-state index contributed by atoms with van der Waals surface area (Å²) in [5.41, 5.74) is 9.51. The van der Waals surface area contributed by atoms with Crippen molar-refractivity contribution in [2.24, 2.45) is 0 Å². The zero-order chi connectivity index (χ0) is 24.1. The Morgan fingerprint density at radius 1 is 0.794 bits per heavy atom. The van der Waals surface area contributed by atoms with Gasteiger partial charge in [-0.15, -0.1) is 0 Å². The lowest BCUT2D eigenvalue weighted by Crippen LogP contribution is -2.44. The average Bonchev–Trinajstić information content (AvgIpc) is 3.21. The third kappa shape index (κ3) is 4.78. The van der Waals surface area contributed by atoms with Crippen molar-refractivity contribution in [1.29, 1.82) is 0 Å². The number of nitrogens with one attached hydrogen (secondary N) is 4. The molecule has 0 unspecified atom stereocenters. The van der Waals surface area contributed by atoms with Gasteiger partial charge in [0.05, 0.1) is 4.92 Å². The molecule has 170 valence electrons. The Morgan fingerprint density at radius 2 is 1.35 bits per heavy atom. The van der Waals surface area contributed by atoms with E-state index >= 15 is 0 Å². The van der Waals surface area contributed by atoms with E-state index in [1.54, 1.807) is 0 Å². The topological polar surface area (TPSA) is 129 Å². The van der Waals surface area contributed by atoms with E-state index in [1.807, 2.05) is 67.6 Å². The first kappa shape index (κ1) is 22.3. The largest absolute Gasteiger partial charge is 0.354 e. The van der Waals surface area contributed by atoms with Gasteiger partial charge >= 0.3 is 6.03 Å². The number of aromatic nitrogens is 1. The van der Waals surface area contributed by atoms with Crippen LogP contribution in [0.5, 0.6) is 0 Å². The van der Waals surface area contributed by atoms with Crippen LogP contribution in [0.1, 0.15) is 16.2 Å². The standard InChI is InChI=1S/C25H21N5O4/c1-16-21(17-8-4-2-5-9-17)22(18-10-6-3-7-11-18)23(26-16)24(31)28-29-25(32)27-19-12-14-20(15-13-19)30(33)34/h2-15,26H,1H3,(H,28,31)(H2,27,29,32). The fourth-order valence-corrected chi connectivity index (χ4v) is 3.66. The summed E-state index contributed by atoms with van der Waals surface area (Å²) in [5.74, 6) is -0.525. The quantitative estimate of drug-likeness (QED) is 0.248. The van der Waals surface area contributed by atoms with Crippen molar-refractivity contribution < 1.29 is 14.5 Å². The van der Waals surface area contributed by atoms with Crippen molar-refractivity contribution in [1.82, 2.24) is 15.8 Å². The van der Waals surface area contributed by atoms with Crippen LogP contribution >= 0.6 is 0 Å². The van der Waals surface area contributed by atoms with Crippen LogP contribution in [0.3, 0.4) is 0 Å². The van der Waals surface area contributed by atoms with E-state index in [9.17, 15) is 19.7 Å². The molecule has 1 heterocycles. The van der Waals surface area contributed by atoms with Gasteiger partial charge in [0.25, 0.3) is 11.6 Å². The van der Waals surface area contributed by atoms with E-state index in [0.717, 1.165) is 27.9 Å². The summed E-state index contributed by atoms with van der Waals surface area (Å²) in [6, 6.07) is 23.9. The van der Waals surface area contributed by atoms with Crippen LogP contribution in [0.2, 0.25) is 0 Å². The molecule has 1 aromatic heterocycles. The van der Waals surface area contributed by atoms with Gasteiger partial charge in [0.1, 0.15) is 5.69 Å². The van der Waals surface area contributed by atoms with Gasteiger partial charge in [-0.05, 0) is 30.2 Å². The lowest BCUT2D eigenvalue weighted by atomic mass is 9.95. The van der Waals surface area contributed by atoms with Crippen molar-refractivity contribution in [3.8, 4) is 22.3 Å². The number of hydrazine groups is 1. The highest BCUT2D eigenvalue weighted by molar-refractivity contribution is 6.05. The maximum atomic E-state index is 13.1. The molecule has 4 N–H and O–H groups in total. The lowest BCUT2D eigenvalue weighted by Gasteiger charge is -2.11. The minimum Gasteiger partial charge on any atom is -0.354 e. The number of benzene rings is 3. The predicted molar refractivity (Wildman–Crippen MR) is 129 cm³/mol. The highest BCUT2D eigenvalue weighted by atomic mass is 16.6. The van der Waals surface area contributed by atoms with Gasteiger partial charge in [0.2, 0.25) is 0 Å². The SMILES string of the molecule is Cc1[nH]c(C(=O)NNC(=O)Nc2ccc([N+](=O)[O-])cc2)c(-c2ccccc2)c1-c1ccccc1. The molecule has 9 heteroatoms. The summed E-state index contributed by atoms with van der Waals surface area (Å²) in [4.78, 5) is 38.7. The number of non-ortho nitro benzene ring substituents is 1. The number of anilines is 1. The number of carbonyl (C=O) groups excluding carboxylic acids is 2. The fourth-order valence-electron chi connectivity index (χ4n) is 3.66. The number of urea groups is 1. The number of rotatable bonds is 5. The van der Waals surface area contributed by atoms with Crippen molar-refractivity contribution >= 4 is 23.3 Å². The minimum atomic E-state index is -0.699. The minimum absolute atomic E-state index is 0.0935. The predicted octanol–water partition coefficient (Wildman–Crippen LogP) is 5.03. The smallest absolute Gasteiger partial charge is 0.337 e. The van der Waals surface area contributed by atoms with E-state index < -0.39 is 16.9 Å². The number of aromatic amines is 1. The van der Waals surface area contributed by atoms with Gasteiger partial charge in [0.15, 0.2) is 0 Å². The normalized spacial score (nSPS) is 10.4. The molecule has 4 aromatic rings. The Morgan fingerprint density at radius 3 is 1.91 bits per heavy atom. The highest BCUT2D eigenvalue weighted by Gasteiger charge is 2.23. The van der Waals surface area contributed by atoms with Gasteiger partial charge in [-0.25, -0.2) is 10.2 Å². The van der Waals surface area contributed by atoms with Gasteiger partial charge < -0.3 is 10.3 Å². The van der Waals surface area contributed by atoms with Crippen LogP contribution in [-0.4, -0.2) is 21.8 Å². The summed E-state index contributed by atoms with van der Waals surface area (Å²) in [6.07, 6.45) is 0. The van der Waals surface area contributed by atoms with Crippen LogP contribution in [0.4, 0.5) is 16.2 Å². The van der Waals surface area contributed by atoms with Gasteiger partial charge in [-0.3, -0.25) is 20.3 Å². The Kier molecular flexibility index (Phi) is 6.35. The summed E-state index contributed by atoms with van der Waals surface area (Å²) in [5, 5.41) is 13.3. The number of nitro benzene ring substituents is 1. The van der Waals surface area contributed by atoms with Crippen LogP contribution < -0.4 is 16.2 Å². The second-order valence-corrected chi connectivity index (χ2v) is 7.44. The second kappa shape index (κ2) is 9.70. The first-order chi connectivity index (χ1) is 16.4. The van der Waals surface area contributed by atoms with E-state index in [4.69, 9.17) is 0 Å². The Labute approximate surface area is 195 Å². The number of amides is 3. The molecule has 3 aromatic carbocycles. The molecular formula is C25H21N5O4. The molecule has 0 saturated carbocycles. The van der Waals surface area contributed by atoms with E-state index in [-0.39, 0.29) is 5.69 Å². The molecule has 3 amide bonds. The summed E-state index contributed by atoms with van der Waals surface area (Å²) >= 11 is 0. The third-order valence-electron chi connectivity index (χ3n) is 5.17. The molecule has 9 nitrogen and oxygen atoms in total.